The number of hydrogen-bond acceptors (Lipinski definition) is 7. The molecule has 3 aromatic rings. The maximum absolute atomic E-state index is 12.3. The number of methoxy groups -OCH3 is 2. The minimum absolute atomic E-state index is 0.0403. The van der Waals surface area contributed by atoms with Gasteiger partial charge in [-0.2, -0.15) is 4.98 Å². The molecule has 0 atom stereocenters. The second-order valence-corrected chi connectivity index (χ2v) is 4.37. The highest BCUT2D eigenvalue weighted by Crippen LogP contribution is 2.29. The van der Waals surface area contributed by atoms with Crippen LogP contribution < -0.4 is 14.8 Å². The Morgan fingerprint density at radius 3 is 2.70 bits per heavy atom. The van der Waals surface area contributed by atoms with Gasteiger partial charge in [-0.3, -0.25) is 14.5 Å². The molecule has 10 nitrogen and oxygen atoms in total. The van der Waals surface area contributed by atoms with Gasteiger partial charge < -0.3 is 14.8 Å². The Balaban J connectivity index is 1.82. The number of benzene rings is 1. The first-order chi connectivity index (χ1) is 11.2. The summed E-state index contributed by atoms with van der Waals surface area (Å²) in [5.41, 5.74) is 0.457. The zero-order chi connectivity index (χ0) is 16.2. The minimum atomic E-state index is -0.469. The molecule has 1 amide bonds. The van der Waals surface area contributed by atoms with Crippen molar-refractivity contribution in [2.45, 2.75) is 0 Å². The Labute approximate surface area is 130 Å². The highest BCUT2D eigenvalue weighted by molar-refractivity contribution is 6.02. The largest absolute Gasteiger partial charge is 0.497 e. The van der Waals surface area contributed by atoms with Crippen LogP contribution in [-0.4, -0.2) is 50.1 Å². The third-order valence-corrected chi connectivity index (χ3v) is 2.99. The second-order valence-electron chi connectivity index (χ2n) is 4.37. The Kier molecular flexibility index (Phi) is 3.87. The highest BCUT2D eigenvalue weighted by atomic mass is 16.5. The fraction of sp³-hybridized carbons (Fsp3) is 0.154. The molecule has 0 aliphatic heterocycles. The summed E-state index contributed by atoms with van der Waals surface area (Å²) >= 11 is 0. The van der Waals surface area contributed by atoms with Gasteiger partial charge in [-0.25, -0.2) is 0 Å². The van der Waals surface area contributed by atoms with Crippen LogP contribution in [0.2, 0.25) is 0 Å². The smallest absolute Gasteiger partial charge is 0.293 e. The van der Waals surface area contributed by atoms with Crippen molar-refractivity contribution in [1.82, 2.24) is 29.9 Å². The molecule has 0 saturated carbocycles. The van der Waals surface area contributed by atoms with Gasteiger partial charge in [-0.15, -0.1) is 15.3 Å². The van der Waals surface area contributed by atoms with E-state index >= 15 is 0 Å². The van der Waals surface area contributed by atoms with E-state index in [0.29, 0.717) is 17.2 Å². The van der Waals surface area contributed by atoms with Gasteiger partial charge in [0.25, 0.3) is 11.9 Å². The van der Waals surface area contributed by atoms with E-state index in [0.717, 1.165) is 0 Å². The SMILES string of the molecule is COc1ccc(OC)c(NC(=O)c2nc(-n3cnnc3)n[nH]2)c1. The number of amides is 1. The van der Waals surface area contributed by atoms with Crippen LogP contribution in [0.15, 0.2) is 30.9 Å². The predicted molar refractivity (Wildman–Crippen MR) is 78.8 cm³/mol. The number of carbonyl (C=O) groups is 1. The van der Waals surface area contributed by atoms with Gasteiger partial charge in [0.2, 0.25) is 5.82 Å². The number of hydrogen-bond donors (Lipinski definition) is 2. The molecular weight excluding hydrogens is 302 g/mol. The Morgan fingerprint density at radius 1 is 1.22 bits per heavy atom. The summed E-state index contributed by atoms with van der Waals surface area (Å²) in [6.07, 6.45) is 2.85. The standard InChI is InChI=1S/C13H13N7O3/c1-22-8-3-4-10(23-2)9(5-8)16-12(21)11-17-13(19-18-11)20-6-14-15-7-20/h3-7H,1-2H3,(H,16,21)(H,17,18,19). The second kappa shape index (κ2) is 6.13. The van der Waals surface area contributed by atoms with E-state index in [1.165, 1.54) is 31.4 Å². The number of nitrogens with one attached hydrogen (secondary N) is 2. The van der Waals surface area contributed by atoms with Gasteiger partial charge in [0.05, 0.1) is 19.9 Å². The first-order valence-electron chi connectivity index (χ1n) is 6.52. The molecule has 3 rings (SSSR count). The van der Waals surface area contributed by atoms with E-state index in [-0.39, 0.29) is 11.8 Å². The molecule has 2 heterocycles. The van der Waals surface area contributed by atoms with Crippen LogP contribution in [0.1, 0.15) is 10.6 Å². The molecule has 0 aliphatic carbocycles. The van der Waals surface area contributed by atoms with Crippen molar-refractivity contribution >= 4 is 11.6 Å². The molecule has 0 fully saturated rings. The summed E-state index contributed by atoms with van der Waals surface area (Å²) in [6.45, 7) is 0. The van der Waals surface area contributed by atoms with Gasteiger partial charge in [-0.1, -0.05) is 0 Å². The monoisotopic (exact) mass is 315 g/mol. The summed E-state index contributed by atoms with van der Waals surface area (Å²) in [5, 5.41) is 16.5. The number of nitrogens with zero attached hydrogens (tertiary/aromatic N) is 5. The van der Waals surface area contributed by atoms with Crippen LogP contribution in [-0.2, 0) is 0 Å². The zero-order valence-corrected chi connectivity index (χ0v) is 12.3. The molecule has 0 saturated heterocycles. The van der Waals surface area contributed by atoms with Crippen molar-refractivity contribution in [2.24, 2.45) is 0 Å². The Morgan fingerprint density at radius 2 is 2.00 bits per heavy atom. The number of aromatic nitrogens is 6. The normalized spacial score (nSPS) is 10.3. The molecule has 0 aliphatic rings. The lowest BCUT2D eigenvalue weighted by molar-refractivity contribution is 0.101. The van der Waals surface area contributed by atoms with Crippen LogP contribution in [0.4, 0.5) is 5.69 Å². The summed E-state index contributed by atoms with van der Waals surface area (Å²) in [7, 11) is 3.05. The van der Waals surface area contributed by atoms with Crippen LogP contribution >= 0.6 is 0 Å². The molecular formula is C13H13N7O3. The molecule has 0 bridgehead atoms. The van der Waals surface area contributed by atoms with Crippen molar-refractivity contribution in [3.63, 3.8) is 0 Å². The maximum Gasteiger partial charge on any atom is 0.293 e. The zero-order valence-electron chi connectivity index (χ0n) is 12.3. The fourth-order valence-electron chi connectivity index (χ4n) is 1.87. The summed E-state index contributed by atoms with van der Waals surface area (Å²) in [5.74, 6) is 0.918. The molecule has 10 heteroatoms. The van der Waals surface area contributed by atoms with Crippen LogP contribution in [0.5, 0.6) is 11.5 Å². The van der Waals surface area contributed by atoms with Crippen molar-refractivity contribution in [2.75, 3.05) is 19.5 Å². The predicted octanol–water partition coefficient (Wildman–Crippen LogP) is 0.655. The molecule has 0 radical (unpaired) electrons. The lowest BCUT2D eigenvalue weighted by Gasteiger charge is -2.10. The third kappa shape index (κ3) is 2.95. The Hall–Kier alpha value is -3.43. The van der Waals surface area contributed by atoms with Gasteiger partial charge in [-0.05, 0) is 12.1 Å². The average Bonchev–Trinajstić information content (AvgIpc) is 3.25. The van der Waals surface area contributed by atoms with Gasteiger partial charge in [0.15, 0.2) is 0 Å². The summed E-state index contributed by atoms with van der Waals surface area (Å²) < 4.78 is 11.8. The van der Waals surface area contributed by atoms with Crippen molar-refractivity contribution in [1.29, 1.82) is 0 Å². The van der Waals surface area contributed by atoms with E-state index in [2.05, 4.69) is 30.7 Å². The molecule has 118 valence electrons. The maximum atomic E-state index is 12.3. The lowest BCUT2D eigenvalue weighted by Crippen LogP contribution is -2.14. The van der Waals surface area contributed by atoms with E-state index in [4.69, 9.17) is 9.47 Å². The topological polar surface area (TPSA) is 120 Å². The minimum Gasteiger partial charge on any atom is -0.497 e. The number of rotatable bonds is 5. The molecule has 23 heavy (non-hydrogen) atoms. The van der Waals surface area contributed by atoms with Gasteiger partial charge in [0, 0.05) is 6.07 Å². The first kappa shape index (κ1) is 14.5. The number of ether oxygens (including phenoxy) is 2. The molecule has 2 aromatic heterocycles. The average molecular weight is 315 g/mol. The number of H-pyrrole nitrogens is 1. The quantitative estimate of drug-likeness (QED) is 0.709. The molecule has 0 unspecified atom stereocenters. The van der Waals surface area contributed by atoms with Crippen LogP contribution in [0.3, 0.4) is 0 Å². The highest BCUT2D eigenvalue weighted by Gasteiger charge is 2.15. The Bertz CT molecular complexity index is 813. The summed E-state index contributed by atoms with van der Waals surface area (Å²) in [4.78, 5) is 16.4. The number of carbonyl (C=O) groups excluding carboxylic acids is 1. The van der Waals surface area contributed by atoms with E-state index in [9.17, 15) is 4.79 Å². The van der Waals surface area contributed by atoms with Gasteiger partial charge in [0.1, 0.15) is 24.2 Å². The van der Waals surface area contributed by atoms with Crippen LogP contribution in [0, 0.1) is 0 Å². The van der Waals surface area contributed by atoms with Crippen LogP contribution in [0.25, 0.3) is 5.95 Å². The number of anilines is 1. The van der Waals surface area contributed by atoms with E-state index < -0.39 is 5.91 Å². The molecule has 2 N–H and O–H groups in total. The fourth-order valence-corrected chi connectivity index (χ4v) is 1.87. The van der Waals surface area contributed by atoms with Crippen molar-refractivity contribution in [3.8, 4) is 17.4 Å². The third-order valence-electron chi connectivity index (χ3n) is 2.99. The summed E-state index contributed by atoms with van der Waals surface area (Å²) in [6, 6.07) is 5.07. The van der Waals surface area contributed by atoms with Crippen molar-refractivity contribution < 1.29 is 14.3 Å². The van der Waals surface area contributed by atoms with E-state index in [1.54, 1.807) is 18.2 Å². The first-order valence-corrected chi connectivity index (χ1v) is 6.52. The lowest BCUT2D eigenvalue weighted by atomic mass is 10.2. The van der Waals surface area contributed by atoms with Gasteiger partial charge >= 0.3 is 0 Å². The molecule has 1 aromatic carbocycles. The number of aromatic amines is 1. The van der Waals surface area contributed by atoms with E-state index in [1.807, 2.05) is 0 Å². The molecule has 0 spiro atoms. The van der Waals surface area contributed by atoms with Crippen molar-refractivity contribution in [3.05, 3.63) is 36.7 Å².